The monoisotopic (exact) mass is 303 g/mol. The van der Waals surface area contributed by atoms with Gasteiger partial charge in [0.1, 0.15) is 5.69 Å². The second-order valence-corrected chi connectivity index (χ2v) is 6.05. The maximum Gasteiger partial charge on any atom is 0.228 e. The number of aryl methyl sites for hydroxylation is 1. The normalized spacial score (nSPS) is 16.9. The summed E-state index contributed by atoms with van der Waals surface area (Å²) in [5.74, 6) is -0.300. The lowest BCUT2D eigenvalue weighted by molar-refractivity contribution is 0.0967. The van der Waals surface area contributed by atoms with E-state index in [1.54, 1.807) is 0 Å². The first-order valence-corrected chi connectivity index (χ1v) is 7.62. The molecular formula is C18H13N3O2. The topological polar surface area (TPSA) is 65.8 Å². The summed E-state index contributed by atoms with van der Waals surface area (Å²) in [5, 5.41) is 1.94. The Morgan fingerprint density at radius 3 is 2.74 bits per heavy atom. The fourth-order valence-corrected chi connectivity index (χ4v) is 3.42. The van der Waals surface area contributed by atoms with Crippen molar-refractivity contribution in [2.24, 2.45) is 0 Å². The molecule has 1 fully saturated rings. The maximum atomic E-state index is 12.7. The lowest BCUT2D eigenvalue weighted by Gasteiger charge is -2.16. The van der Waals surface area contributed by atoms with Crippen molar-refractivity contribution >= 4 is 33.4 Å². The number of ketones is 2. The van der Waals surface area contributed by atoms with Crippen molar-refractivity contribution in [3.63, 3.8) is 0 Å². The second kappa shape index (κ2) is 4.07. The summed E-state index contributed by atoms with van der Waals surface area (Å²) in [7, 11) is 0. The number of allylic oxidation sites excluding steroid dienone is 2. The molecule has 0 spiro atoms. The fourth-order valence-electron chi connectivity index (χ4n) is 3.42. The third kappa shape index (κ3) is 1.59. The van der Waals surface area contributed by atoms with E-state index in [0.29, 0.717) is 16.8 Å². The van der Waals surface area contributed by atoms with Crippen molar-refractivity contribution in [3.05, 3.63) is 53.0 Å². The van der Waals surface area contributed by atoms with Crippen LogP contribution in [0.5, 0.6) is 0 Å². The predicted octanol–water partition coefficient (Wildman–Crippen LogP) is 2.60. The maximum absolute atomic E-state index is 12.7. The third-order valence-corrected chi connectivity index (χ3v) is 4.58. The fraction of sp³-hybridized carbons (Fsp3) is 0.167. The summed E-state index contributed by atoms with van der Waals surface area (Å²) in [6.07, 6.45) is 1.46. The van der Waals surface area contributed by atoms with E-state index >= 15 is 0 Å². The van der Waals surface area contributed by atoms with Gasteiger partial charge in [0.2, 0.25) is 5.78 Å². The number of hydrogen-bond acceptors (Lipinski definition) is 4. The minimum Gasteiger partial charge on any atom is -0.365 e. The van der Waals surface area contributed by atoms with Crippen molar-refractivity contribution in [2.45, 2.75) is 6.92 Å². The lowest BCUT2D eigenvalue weighted by Crippen LogP contribution is -2.23. The Bertz CT molecular complexity index is 1070. The van der Waals surface area contributed by atoms with Crippen molar-refractivity contribution in [3.8, 4) is 0 Å². The van der Waals surface area contributed by atoms with Crippen LogP contribution in [0.1, 0.15) is 26.5 Å². The molecule has 1 aliphatic carbocycles. The Balaban J connectivity index is 1.89. The van der Waals surface area contributed by atoms with Gasteiger partial charge in [-0.2, -0.15) is 0 Å². The Kier molecular flexibility index (Phi) is 2.23. The van der Waals surface area contributed by atoms with Crippen molar-refractivity contribution in [1.29, 1.82) is 0 Å². The molecule has 2 aliphatic rings. The van der Waals surface area contributed by atoms with Crippen molar-refractivity contribution < 1.29 is 9.59 Å². The number of rotatable bonds is 1. The number of para-hydroxylation sites is 1. The average Bonchev–Trinajstić information content (AvgIpc) is 3.30. The van der Waals surface area contributed by atoms with Crippen LogP contribution < -0.4 is 0 Å². The molecule has 5 nitrogen and oxygen atoms in total. The first kappa shape index (κ1) is 12.6. The number of Topliss-reactive ketones (excluding diaryl/α,β-unsaturated/α-hetero) is 1. The highest BCUT2D eigenvalue weighted by atomic mass is 16.1. The molecular weight excluding hydrogens is 290 g/mol. The standard InChI is InChI=1S/C18H13N3O2/c1-9-14-10-4-2-3-5-11(10)20-16(14)15-13(22)8-12(21-6-7-21)18(23)17(15)19-9/h2-5,8,20H,6-7H2,1H3. The molecule has 0 amide bonds. The summed E-state index contributed by atoms with van der Waals surface area (Å²) in [5.41, 5.74) is 3.58. The summed E-state index contributed by atoms with van der Waals surface area (Å²) in [6.45, 7) is 3.54. The van der Waals surface area contributed by atoms with Crippen LogP contribution in [-0.4, -0.2) is 39.5 Å². The van der Waals surface area contributed by atoms with Gasteiger partial charge in [-0.25, -0.2) is 4.98 Å². The number of pyridine rings is 1. The Morgan fingerprint density at radius 1 is 1.17 bits per heavy atom. The summed E-state index contributed by atoms with van der Waals surface area (Å²) in [6, 6.07) is 7.87. The largest absolute Gasteiger partial charge is 0.365 e. The molecule has 23 heavy (non-hydrogen) atoms. The predicted molar refractivity (Wildman–Crippen MR) is 86.7 cm³/mol. The quantitative estimate of drug-likeness (QED) is 0.702. The molecule has 5 heteroatoms. The number of carbonyl (C=O) groups excluding carboxylic acids is 2. The molecule has 1 aliphatic heterocycles. The van der Waals surface area contributed by atoms with Gasteiger partial charge in [-0.1, -0.05) is 18.2 Å². The van der Waals surface area contributed by atoms with Gasteiger partial charge in [-0.3, -0.25) is 9.59 Å². The zero-order valence-electron chi connectivity index (χ0n) is 12.5. The van der Waals surface area contributed by atoms with Gasteiger partial charge in [-0.05, 0) is 13.0 Å². The number of aromatic amines is 1. The van der Waals surface area contributed by atoms with Crippen LogP contribution in [0.25, 0.3) is 21.8 Å². The van der Waals surface area contributed by atoms with Gasteiger partial charge in [0, 0.05) is 41.1 Å². The molecule has 1 aromatic carbocycles. The van der Waals surface area contributed by atoms with Crippen LogP contribution in [0.4, 0.5) is 0 Å². The first-order valence-electron chi connectivity index (χ1n) is 7.62. The summed E-state index contributed by atoms with van der Waals surface area (Å²) >= 11 is 0. The van der Waals surface area contributed by atoms with Gasteiger partial charge in [-0.15, -0.1) is 0 Å². The molecule has 1 N–H and O–H groups in total. The Labute approximate surface area is 131 Å². The molecule has 2 aromatic heterocycles. The highest BCUT2D eigenvalue weighted by Gasteiger charge is 2.36. The van der Waals surface area contributed by atoms with Gasteiger partial charge in [0.05, 0.1) is 16.8 Å². The highest BCUT2D eigenvalue weighted by Crippen LogP contribution is 2.35. The molecule has 3 heterocycles. The zero-order valence-corrected chi connectivity index (χ0v) is 12.5. The zero-order chi connectivity index (χ0) is 15.7. The van der Waals surface area contributed by atoms with Gasteiger partial charge < -0.3 is 9.88 Å². The van der Waals surface area contributed by atoms with E-state index in [4.69, 9.17) is 0 Å². The summed E-state index contributed by atoms with van der Waals surface area (Å²) in [4.78, 5) is 35.1. The van der Waals surface area contributed by atoms with Gasteiger partial charge in [0.15, 0.2) is 5.78 Å². The molecule has 5 rings (SSSR count). The van der Waals surface area contributed by atoms with E-state index in [9.17, 15) is 9.59 Å². The molecule has 0 radical (unpaired) electrons. The van der Waals surface area contributed by atoms with Gasteiger partial charge in [0.25, 0.3) is 0 Å². The van der Waals surface area contributed by atoms with E-state index in [2.05, 4.69) is 9.97 Å². The van der Waals surface area contributed by atoms with Crippen LogP contribution in [0.15, 0.2) is 36.0 Å². The highest BCUT2D eigenvalue weighted by molar-refractivity contribution is 6.29. The molecule has 0 saturated carbocycles. The van der Waals surface area contributed by atoms with Crippen LogP contribution in [0.2, 0.25) is 0 Å². The van der Waals surface area contributed by atoms with E-state index in [0.717, 1.165) is 35.1 Å². The van der Waals surface area contributed by atoms with E-state index in [1.165, 1.54) is 6.08 Å². The number of nitrogens with one attached hydrogen (secondary N) is 1. The molecule has 0 unspecified atom stereocenters. The van der Waals surface area contributed by atoms with Crippen LogP contribution in [-0.2, 0) is 0 Å². The number of H-pyrrole nitrogens is 1. The lowest BCUT2D eigenvalue weighted by atomic mass is 9.94. The van der Waals surface area contributed by atoms with E-state index in [1.807, 2.05) is 36.1 Å². The number of fused-ring (bicyclic) bond motifs is 5. The molecule has 0 bridgehead atoms. The Hall–Kier alpha value is -2.95. The SMILES string of the molecule is Cc1nc2c(c3[nH]c4ccccc4c13)C(=O)C=C(N1CC1)C2=O. The van der Waals surface area contributed by atoms with Crippen molar-refractivity contribution in [2.75, 3.05) is 13.1 Å². The van der Waals surface area contributed by atoms with Gasteiger partial charge >= 0.3 is 0 Å². The smallest absolute Gasteiger partial charge is 0.228 e. The number of nitrogens with zero attached hydrogens (tertiary/aromatic N) is 2. The van der Waals surface area contributed by atoms with Crippen LogP contribution in [0.3, 0.4) is 0 Å². The van der Waals surface area contributed by atoms with Crippen molar-refractivity contribution in [1.82, 2.24) is 14.9 Å². The van der Waals surface area contributed by atoms with Crippen LogP contribution >= 0.6 is 0 Å². The number of hydrogen-bond donors (Lipinski definition) is 1. The molecule has 0 atom stereocenters. The molecule has 1 saturated heterocycles. The minimum atomic E-state index is -0.152. The number of carbonyl (C=O) groups is 2. The third-order valence-electron chi connectivity index (χ3n) is 4.58. The summed E-state index contributed by atoms with van der Waals surface area (Å²) < 4.78 is 0. The second-order valence-electron chi connectivity index (χ2n) is 6.05. The molecule has 112 valence electrons. The first-order chi connectivity index (χ1) is 11.1. The Morgan fingerprint density at radius 2 is 1.96 bits per heavy atom. The molecule has 3 aromatic rings. The minimum absolute atomic E-state index is 0.148. The van der Waals surface area contributed by atoms with Crippen LogP contribution in [0, 0.1) is 6.92 Å². The average molecular weight is 303 g/mol. The number of benzene rings is 1. The van der Waals surface area contributed by atoms with E-state index < -0.39 is 0 Å². The number of aromatic nitrogens is 2. The van der Waals surface area contributed by atoms with E-state index in [-0.39, 0.29) is 17.3 Å².